The molecule has 1 atom stereocenters. The molecule has 2 aromatic rings. The smallest absolute Gasteiger partial charge is 0.327 e. The second-order valence-electron chi connectivity index (χ2n) is 6.46. The molecule has 0 aliphatic heterocycles. The highest BCUT2D eigenvalue weighted by Crippen LogP contribution is 2.29. The predicted octanol–water partition coefficient (Wildman–Crippen LogP) is 2.68. The molecule has 3 rings (SSSR count). The summed E-state index contributed by atoms with van der Waals surface area (Å²) in [5.41, 5.74) is 7.81. The molecule has 0 saturated heterocycles. The normalized spacial score (nSPS) is 16.6. The fourth-order valence-electron chi connectivity index (χ4n) is 3.15. The van der Waals surface area contributed by atoms with E-state index in [1.807, 2.05) is 0 Å². The van der Waals surface area contributed by atoms with Gasteiger partial charge in [0, 0.05) is 17.3 Å². The largest absolute Gasteiger partial charge is 0.451 e. The van der Waals surface area contributed by atoms with Crippen molar-refractivity contribution in [2.24, 2.45) is 5.73 Å². The van der Waals surface area contributed by atoms with E-state index >= 15 is 0 Å². The number of nitrogens with two attached hydrogens (primary N) is 1. The van der Waals surface area contributed by atoms with Gasteiger partial charge in [-0.25, -0.2) is 9.97 Å². The maximum Gasteiger partial charge on any atom is 0.451 e. The van der Waals surface area contributed by atoms with Crippen LogP contribution in [-0.2, 0) is 19.0 Å². The molecular weight excluding hydrogens is 361 g/mol. The Morgan fingerprint density at radius 3 is 2.74 bits per heavy atom. The minimum Gasteiger partial charge on any atom is -0.327 e. The maximum atomic E-state index is 12.9. The summed E-state index contributed by atoms with van der Waals surface area (Å²) in [6.07, 6.45) is -2.19. The average molecular weight is 378 g/mol. The van der Waals surface area contributed by atoms with Crippen LogP contribution in [0, 0.1) is 6.92 Å². The molecule has 0 fully saturated rings. The quantitative estimate of drug-likeness (QED) is 0.801. The third kappa shape index (κ3) is 3.97. The highest BCUT2D eigenvalue weighted by molar-refractivity contribution is 6.05. The van der Waals surface area contributed by atoms with E-state index in [1.54, 1.807) is 12.1 Å². The van der Waals surface area contributed by atoms with E-state index in [0.29, 0.717) is 31.1 Å². The van der Waals surface area contributed by atoms with Crippen LogP contribution in [0.25, 0.3) is 0 Å². The molecule has 0 unspecified atom stereocenters. The molecular formula is C18H17F3N4O2. The van der Waals surface area contributed by atoms with Crippen molar-refractivity contribution in [1.29, 1.82) is 0 Å². The summed E-state index contributed by atoms with van der Waals surface area (Å²) in [6.45, 7) is 1.34. The van der Waals surface area contributed by atoms with E-state index in [0.717, 1.165) is 17.2 Å². The van der Waals surface area contributed by atoms with Crippen molar-refractivity contribution in [1.82, 2.24) is 9.97 Å². The maximum absolute atomic E-state index is 12.9. The minimum absolute atomic E-state index is 0.0116. The Labute approximate surface area is 153 Å². The van der Waals surface area contributed by atoms with Crippen LogP contribution in [0.1, 0.15) is 49.9 Å². The Bertz CT molecular complexity index is 912. The Hall–Kier alpha value is -2.81. The molecule has 0 saturated carbocycles. The van der Waals surface area contributed by atoms with E-state index in [1.165, 1.54) is 6.92 Å². The fraction of sp³-hybridized carbons (Fsp3) is 0.333. The van der Waals surface area contributed by atoms with Crippen LogP contribution in [0.5, 0.6) is 0 Å². The van der Waals surface area contributed by atoms with Crippen molar-refractivity contribution in [3.8, 4) is 0 Å². The molecule has 1 aromatic carbocycles. The monoisotopic (exact) mass is 378 g/mol. The van der Waals surface area contributed by atoms with Gasteiger partial charge in [0.2, 0.25) is 5.82 Å². The highest BCUT2D eigenvalue weighted by atomic mass is 19.4. The molecule has 1 amide bonds. The second kappa shape index (κ2) is 7.07. The van der Waals surface area contributed by atoms with Gasteiger partial charge in [-0.15, -0.1) is 0 Å². The number of halogens is 3. The number of aromatic nitrogens is 2. The molecule has 142 valence electrons. The highest BCUT2D eigenvalue weighted by Gasteiger charge is 2.35. The number of hydrogen-bond acceptors (Lipinski definition) is 5. The number of carbonyl (C=O) groups excluding carboxylic acids is 2. The van der Waals surface area contributed by atoms with Crippen molar-refractivity contribution >= 4 is 17.9 Å². The number of nitrogens with one attached hydrogen (secondary N) is 1. The summed E-state index contributed by atoms with van der Waals surface area (Å²) in [5.74, 6) is -2.23. The van der Waals surface area contributed by atoms with E-state index in [4.69, 9.17) is 5.73 Å². The van der Waals surface area contributed by atoms with Crippen LogP contribution in [0.15, 0.2) is 18.2 Å². The van der Waals surface area contributed by atoms with Crippen molar-refractivity contribution in [3.63, 3.8) is 0 Å². The number of rotatable bonds is 3. The first kappa shape index (κ1) is 19.0. The first-order chi connectivity index (χ1) is 12.7. The summed E-state index contributed by atoms with van der Waals surface area (Å²) < 4.78 is 38.6. The average Bonchev–Trinajstić information content (AvgIpc) is 2.60. The van der Waals surface area contributed by atoms with Crippen LogP contribution >= 0.6 is 0 Å². The third-order valence-corrected chi connectivity index (χ3v) is 4.41. The summed E-state index contributed by atoms with van der Waals surface area (Å²) in [5, 5.41) is 2.49. The summed E-state index contributed by atoms with van der Waals surface area (Å²) >= 11 is 0. The number of aldehydes is 1. The number of alkyl halides is 3. The lowest BCUT2D eigenvalue weighted by Gasteiger charge is -2.24. The molecule has 0 spiro atoms. The summed E-state index contributed by atoms with van der Waals surface area (Å²) in [6, 6.07) is 4.49. The minimum atomic E-state index is -4.76. The topological polar surface area (TPSA) is 98.0 Å². The van der Waals surface area contributed by atoms with Crippen LogP contribution in [-0.4, -0.2) is 28.2 Å². The molecule has 0 bridgehead atoms. The lowest BCUT2D eigenvalue weighted by Crippen LogP contribution is -2.29. The Kier molecular flexibility index (Phi) is 4.97. The van der Waals surface area contributed by atoms with E-state index < -0.39 is 23.6 Å². The lowest BCUT2D eigenvalue weighted by molar-refractivity contribution is -0.145. The standard InChI is InChI=1S/C18H17F3N4O2/c1-9-6-15(25-17(23-9)18(19,20)21)16(27)24-14-5-2-10-7-11(22)3-4-12(10)13(14)8-26/h2,5-6,8,11H,3-4,7,22H2,1H3,(H,24,27)/t11-/m0/s1. The van der Waals surface area contributed by atoms with Crippen LogP contribution in [0.3, 0.4) is 0 Å². The number of fused-ring (bicyclic) bond motifs is 1. The van der Waals surface area contributed by atoms with Crippen LogP contribution < -0.4 is 11.1 Å². The van der Waals surface area contributed by atoms with Gasteiger partial charge in [0.05, 0.1) is 5.69 Å². The van der Waals surface area contributed by atoms with E-state index in [-0.39, 0.29) is 17.4 Å². The number of aryl methyl sites for hydroxylation is 1. The zero-order chi connectivity index (χ0) is 19.8. The number of amides is 1. The number of anilines is 1. The van der Waals surface area contributed by atoms with E-state index in [2.05, 4.69) is 15.3 Å². The zero-order valence-electron chi connectivity index (χ0n) is 14.4. The molecule has 6 nitrogen and oxygen atoms in total. The lowest BCUT2D eigenvalue weighted by atomic mass is 9.85. The number of benzene rings is 1. The van der Waals surface area contributed by atoms with Gasteiger partial charge in [0.15, 0.2) is 6.29 Å². The van der Waals surface area contributed by atoms with Gasteiger partial charge in [-0.05, 0) is 49.4 Å². The zero-order valence-corrected chi connectivity index (χ0v) is 14.4. The Balaban J connectivity index is 1.93. The SMILES string of the molecule is Cc1cc(C(=O)Nc2ccc3c(c2C=O)CC[C@H](N)C3)nc(C(F)(F)F)n1. The van der Waals surface area contributed by atoms with Gasteiger partial charge in [0.25, 0.3) is 5.91 Å². The predicted molar refractivity (Wildman–Crippen MR) is 91.6 cm³/mol. The van der Waals surface area contributed by atoms with Crippen molar-refractivity contribution in [2.75, 3.05) is 5.32 Å². The van der Waals surface area contributed by atoms with Crippen molar-refractivity contribution in [3.05, 3.63) is 52.1 Å². The van der Waals surface area contributed by atoms with Crippen molar-refractivity contribution in [2.45, 2.75) is 38.4 Å². The molecule has 0 radical (unpaired) electrons. The van der Waals surface area contributed by atoms with Gasteiger partial charge in [-0.1, -0.05) is 6.07 Å². The van der Waals surface area contributed by atoms with Crippen LogP contribution in [0.4, 0.5) is 18.9 Å². The molecule has 1 heterocycles. The number of nitrogens with zero attached hydrogens (tertiary/aromatic N) is 2. The van der Waals surface area contributed by atoms with Gasteiger partial charge in [0.1, 0.15) is 5.69 Å². The molecule has 27 heavy (non-hydrogen) atoms. The third-order valence-electron chi connectivity index (χ3n) is 4.41. The van der Waals surface area contributed by atoms with Gasteiger partial charge in [-0.3, -0.25) is 9.59 Å². The van der Waals surface area contributed by atoms with Crippen molar-refractivity contribution < 1.29 is 22.8 Å². The number of carbonyl (C=O) groups is 2. The molecule has 1 aliphatic rings. The van der Waals surface area contributed by atoms with Crippen LogP contribution in [0.2, 0.25) is 0 Å². The van der Waals surface area contributed by atoms with E-state index in [9.17, 15) is 22.8 Å². The number of hydrogen-bond donors (Lipinski definition) is 2. The summed E-state index contributed by atoms with van der Waals surface area (Å²) in [7, 11) is 0. The molecule has 1 aromatic heterocycles. The Morgan fingerprint density at radius 2 is 2.07 bits per heavy atom. The Morgan fingerprint density at radius 1 is 1.33 bits per heavy atom. The first-order valence-corrected chi connectivity index (χ1v) is 8.28. The molecule has 3 N–H and O–H groups in total. The molecule has 9 heteroatoms. The fourth-order valence-corrected chi connectivity index (χ4v) is 3.15. The second-order valence-corrected chi connectivity index (χ2v) is 6.46. The molecule has 1 aliphatic carbocycles. The summed E-state index contributed by atoms with van der Waals surface area (Å²) in [4.78, 5) is 30.6. The first-order valence-electron chi connectivity index (χ1n) is 8.28. The van der Waals surface area contributed by atoms with Gasteiger partial charge < -0.3 is 11.1 Å². The van der Waals surface area contributed by atoms with Gasteiger partial charge >= 0.3 is 6.18 Å². The van der Waals surface area contributed by atoms with Gasteiger partial charge in [-0.2, -0.15) is 13.2 Å².